The maximum Gasteiger partial charge on any atom is 0.163 e. The zero-order valence-corrected chi connectivity index (χ0v) is 13.6. The molecule has 2 fully saturated rings. The number of hydrogen-bond acceptors (Lipinski definition) is 7. The summed E-state index contributed by atoms with van der Waals surface area (Å²) in [5.74, 6) is 0.180. The number of rotatable bonds is 4. The first-order chi connectivity index (χ1) is 10.4. The smallest absolute Gasteiger partial charge is 0.163 e. The molecule has 4 atom stereocenters. The zero-order valence-electron chi connectivity index (χ0n) is 12.9. The van der Waals surface area contributed by atoms with E-state index in [9.17, 15) is 0 Å². The Kier molecular flexibility index (Phi) is 4.15. The molecule has 2 aliphatic rings. The van der Waals surface area contributed by atoms with Gasteiger partial charge in [-0.15, -0.1) is 0 Å². The van der Waals surface area contributed by atoms with Gasteiger partial charge in [0.05, 0.1) is 18.8 Å². The van der Waals surface area contributed by atoms with Gasteiger partial charge in [-0.05, 0) is 20.3 Å². The molecular weight excluding hydrogens is 308 g/mol. The number of anilines is 2. The first-order valence-corrected chi connectivity index (χ1v) is 7.66. The van der Waals surface area contributed by atoms with Crippen molar-refractivity contribution in [2.45, 2.75) is 44.3 Å². The zero-order chi connectivity index (χ0) is 15.9. The van der Waals surface area contributed by atoms with E-state index in [-0.39, 0.29) is 29.3 Å². The van der Waals surface area contributed by atoms with Crippen molar-refractivity contribution in [3.8, 4) is 0 Å². The van der Waals surface area contributed by atoms with Crippen LogP contribution in [0.5, 0.6) is 0 Å². The largest absolute Gasteiger partial charge is 0.393 e. The summed E-state index contributed by atoms with van der Waals surface area (Å²) in [7, 11) is 1.69. The van der Waals surface area contributed by atoms with E-state index >= 15 is 0 Å². The van der Waals surface area contributed by atoms with Crippen LogP contribution in [-0.4, -0.2) is 47.7 Å². The van der Waals surface area contributed by atoms with Gasteiger partial charge in [0.1, 0.15) is 18.1 Å². The van der Waals surface area contributed by atoms with Crippen LogP contribution in [0.25, 0.3) is 0 Å². The van der Waals surface area contributed by atoms with Crippen LogP contribution in [0.15, 0.2) is 6.33 Å². The normalized spacial score (nSPS) is 32.9. The average Bonchev–Trinajstić information content (AvgIpc) is 2.91. The molecule has 2 heterocycles. The standard InChI is InChI=1S/C14H21ClN4O3/c1-14(2)21-10-7(5-20-3)4-8(11(10)22-14)19-13-9(16)12(15)17-6-18-13/h6-8,10-11H,4-5,16H2,1-3H3,(H,17,18,19). The van der Waals surface area contributed by atoms with Crippen molar-refractivity contribution in [2.24, 2.45) is 5.92 Å². The number of ether oxygens (including phenoxy) is 3. The van der Waals surface area contributed by atoms with E-state index in [1.54, 1.807) is 7.11 Å². The third-order valence-electron chi connectivity index (χ3n) is 4.12. The van der Waals surface area contributed by atoms with Gasteiger partial charge in [-0.1, -0.05) is 11.6 Å². The number of nitrogens with two attached hydrogens (primary N) is 1. The summed E-state index contributed by atoms with van der Waals surface area (Å²) in [6, 6.07) is 0.0280. The van der Waals surface area contributed by atoms with Crippen molar-refractivity contribution >= 4 is 23.1 Å². The fraction of sp³-hybridized carbons (Fsp3) is 0.714. The number of nitrogens with zero attached hydrogens (tertiary/aromatic N) is 2. The summed E-state index contributed by atoms with van der Waals surface area (Å²) in [6.07, 6.45) is 2.14. The van der Waals surface area contributed by atoms with Crippen molar-refractivity contribution in [3.63, 3.8) is 0 Å². The van der Waals surface area contributed by atoms with E-state index in [1.807, 2.05) is 13.8 Å². The SMILES string of the molecule is COCC1CC(Nc2ncnc(Cl)c2N)C2OC(C)(C)OC12. The molecule has 0 aromatic carbocycles. The van der Waals surface area contributed by atoms with Gasteiger partial charge >= 0.3 is 0 Å². The summed E-state index contributed by atoms with van der Waals surface area (Å²) in [4.78, 5) is 8.03. The molecule has 0 spiro atoms. The van der Waals surface area contributed by atoms with Crippen molar-refractivity contribution in [2.75, 3.05) is 24.8 Å². The van der Waals surface area contributed by atoms with E-state index in [0.717, 1.165) is 6.42 Å². The molecule has 7 nitrogen and oxygen atoms in total. The summed E-state index contributed by atoms with van der Waals surface area (Å²) < 4.78 is 17.4. The molecule has 1 aliphatic heterocycles. The maximum atomic E-state index is 6.05. The molecule has 1 saturated heterocycles. The predicted molar refractivity (Wildman–Crippen MR) is 82.7 cm³/mol. The quantitative estimate of drug-likeness (QED) is 0.812. The fourth-order valence-corrected chi connectivity index (χ4v) is 3.40. The van der Waals surface area contributed by atoms with Gasteiger partial charge in [0.15, 0.2) is 16.8 Å². The minimum Gasteiger partial charge on any atom is -0.393 e. The van der Waals surface area contributed by atoms with Gasteiger partial charge < -0.3 is 25.3 Å². The molecule has 1 aromatic rings. The monoisotopic (exact) mass is 328 g/mol. The van der Waals surface area contributed by atoms with Gasteiger partial charge in [0.25, 0.3) is 0 Å². The summed E-state index contributed by atoms with van der Waals surface area (Å²) in [5, 5.41) is 3.57. The Labute approximate surface area is 134 Å². The van der Waals surface area contributed by atoms with E-state index in [0.29, 0.717) is 18.1 Å². The van der Waals surface area contributed by atoms with Crippen LogP contribution in [0.1, 0.15) is 20.3 Å². The van der Waals surface area contributed by atoms with Gasteiger partial charge in [-0.25, -0.2) is 9.97 Å². The Morgan fingerprint density at radius 3 is 2.86 bits per heavy atom. The molecule has 22 heavy (non-hydrogen) atoms. The first-order valence-electron chi connectivity index (χ1n) is 7.28. The Bertz CT molecular complexity index is 557. The van der Waals surface area contributed by atoms with Crippen LogP contribution in [0, 0.1) is 5.92 Å². The van der Waals surface area contributed by atoms with E-state index in [2.05, 4.69) is 15.3 Å². The fourth-order valence-electron chi connectivity index (χ4n) is 3.27. The molecule has 4 unspecified atom stereocenters. The molecule has 0 radical (unpaired) electrons. The molecule has 122 valence electrons. The number of halogens is 1. The summed E-state index contributed by atoms with van der Waals surface area (Å²) in [6.45, 7) is 4.46. The molecule has 0 amide bonds. The Hall–Kier alpha value is -1.15. The Balaban J connectivity index is 1.80. The molecule has 1 aromatic heterocycles. The minimum atomic E-state index is -0.601. The van der Waals surface area contributed by atoms with Gasteiger partial charge in [-0.2, -0.15) is 0 Å². The van der Waals surface area contributed by atoms with Crippen molar-refractivity contribution in [1.82, 2.24) is 9.97 Å². The molecule has 8 heteroatoms. The molecule has 3 rings (SSSR count). The second kappa shape index (κ2) is 5.81. The first kappa shape index (κ1) is 15.7. The van der Waals surface area contributed by atoms with E-state index in [4.69, 9.17) is 31.5 Å². The van der Waals surface area contributed by atoms with Gasteiger partial charge in [0.2, 0.25) is 0 Å². The van der Waals surface area contributed by atoms with Crippen LogP contribution in [0.2, 0.25) is 5.15 Å². The lowest BCUT2D eigenvalue weighted by atomic mass is 10.1. The molecule has 0 bridgehead atoms. The van der Waals surface area contributed by atoms with Crippen LogP contribution in [0.4, 0.5) is 11.5 Å². The van der Waals surface area contributed by atoms with Crippen LogP contribution < -0.4 is 11.1 Å². The highest BCUT2D eigenvalue weighted by Crippen LogP contribution is 2.43. The number of nitrogens with one attached hydrogen (secondary N) is 1. The van der Waals surface area contributed by atoms with Crippen LogP contribution in [0.3, 0.4) is 0 Å². The highest BCUT2D eigenvalue weighted by atomic mass is 35.5. The van der Waals surface area contributed by atoms with Crippen LogP contribution in [-0.2, 0) is 14.2 Å². The Morgan fingerprint density at radius 2 is 2.14 bits per heavy atom. The van der Waals surface area contributed by atoms with Crippen molar-refractivity contribution in [1.29, 1.82) is 0 Å². The molecular formula is C14H21ClN4O3. The van der Waals surface area contributed by atoms with Crippen molar-refractivity contribution in [3.05, 3.63) is 11.5 Å². The lowest BCUT2D eigenvalue weighted by Crippen LogP contribution is -2.34. The number of fused-ring (bicyclic) bond motifs is 1. The van der Waals surface area contributed by atoms with E-state index in [1.165, 1.54) is 6.33 Å². The second-order valence-corrected chi connectivity index (χ2v) is 6.55. The van der Waals surface area contributed by atoms with Crippen molar-refractivity contribution < 1.29 is 14.2 Å². The van der Waals surface area contributed by atoms with E-state index < -0.39 is 5.79 Å². The maximum absolute atomic E-state index is 6.05. The number of hydrogen-bond donors (Lipinski definition) is 2. The highest BCUT2D eigenvalue weighted by molar-refractivity contribution is 6.32. The second-order valence-electron chi connectivity index (χ2n) is 6.19. The number of methoxy groups -OCH3 is 1. The predicted octanol–water partition coefficient (Wildman–Crippen LogP) is 1.68. The molecule has 1 saturated carbocycles. The molecule has 1 aliphatic carbocycles. The summed E-state index contributed by atoms with van der Waals surface area (Å²) in [5.41, 5.74) is 6.27. The summed E-state index contributed by atoms with van der Waals surface area (Å²) >= 11 is 5.94. The Morgan fingerprint density at radius 1 is 1.41 bits per heavy atom. The number of aromatic nitrogens is 2. The van der Waals surface area contributed by atoms with Gasteiger partial charge in [-0.3, -0.25) is 0 Å². The third kappa shape index (κ3) is 2.86. The number of nitrogen functional groups attached to an aromatic ring is 1. The topological polar surface area (TPSA) is 91.5 Å². The minimum absolute atomic E-state index is 0.00835. The average molecular weight is 329 g/mol. The third-order valence-corrected chi connectivity index (χ3v) is 4.42. The lowest BCUT2D eigenvalue weighted by molar-refractivity contribution is -0.159. The lowest BCUT2D eigenvalue weighted by Gasteiger charge is -2.24. The van der Waals surface area contributed by atoms with Crippen LogP contribution >= 0.6 is 11.6 Å². The highest BCUT2D eigenvalue weighted by Gasteiger charge is 2.54. The van der Waals surface area contributed by atoms with Gasteiger partial charge in [0, 0.05) is 13.0 Å². The molecule has 3 N–H and O–H groups in total.